The average Bonchev–Trinajstić information content (AvgIpc) is 2.24. The summed E-state index contributed by atoms with van der Waals surface area (Å²) in [5.41, 5.74) is 2.49. The number of hydrogen-bond donors (Lipinski definition) is 1. The summed E-state index contributed by atoms with van der Waals surface area (Å²) in [4.78, 5) is 21.8. The number of ether oxygens (including phenoxy) is 1. The fourth-order valence-corrected chi connectivity index (χ4v) is 1.25. The molecule has 1 amide bonds. The molecule has 0 aromatic carbocycles. The van der Waals surface area contributed by atoms with Crippen molar-refractivity contribution in [2.75, 3.05) is 25.7 Å². The van der Waals surface area contributed by atoms with E-state index in [9.17, 15) is 4.79 Å². The van der Waals surface area contributed by atoms with E-state index >= 15 is 0 Å². The van der Waals surface area contributed by atoms with Crippen molar-refractivity contribution in [1.29, 1.82) is 0 Å². The fraction of sp³-hybridized carbons (Fsp3) is 0.400. The van der Waals surface area contributed by atoms with Crippen LogP contribution >= 0.6 is 0 Å². The van der Waals surface area contributed by atoms with Crippen LogP contribution in [0.1, 0.15) is 6.42 Å². The lowest BCUT2D eigenvalue weighted by atomic mass is 10.2. The maximum atomic E-state index is 11.3. The van der Waals surface area contributed by atoms with E-state index in [1.54, 1.807) is 30.3 Å². The number of aromatic nitrogens is 1. The number of nitrogens with zero attached hydrogens (tertiary/aromatic N) is 2. The number of pyridine rings is 1. The number of carbonyl (C=O) groups is 1. The topological polar surface area (TPSA) is 63.7 Å². The molecule has 2 heterocycles. The third kappa shape index (κ3) is 2.33. The molecule has 86 valence electrons. The van der Waals surface area contributed by atoms with Gasteiger partial charge in [0.25, 0.3) is 0 Å². The number of rotatable bonds is 3. The van der Waals surface area contributed by atoms with Crippen molar-refractivity contribution in [1.82, 2.24) is 9.88 Å². The molecular weight excluding hydrogens is 210 g/mol. The van der Waals surface area contributed by atoms with Crippen molar-refractivity contribution in [3.05, 3.63) is 18.3 Å². The first-order valence-corrected chi connectivity index (χ1v) is 5.01. The summed E-state index contributed by atoms with van der Waals surface area (Å²) >= 11 is 0. The van der Waals surface area contributed by atoms with Gasteiger partial charge < -0.3 is 14.5 Å². The van der Waals surface area contributed by atoms with Gasteiger partial charge in [-0.1, -0.05) is 0 Å². The highest BCUT2D eigenvalue weighted by Gasteiger charge is 2.21. The van der Waals surface area contributed by atoms with Crippen LogP contribution in [-0.2, 0) is 4.84 Å². The minimum absolute atomic E-state index is 0.379. The number of carbonyl (C=O) groups excluding carboxylic acids is 1. The van der Waals surface area contributed by atoms with E-state index < -0.39 is 0 Å². The predicted molar refractivity (Wildman–Crippen MR) is 57.1 cm³/mol. The maximum absolute atomic E-state index is 11.3. The number of hydrogen-bond acceptors (Lipinski definition) is 5. The molecule has 1 aliphatic heterocycles. The summed E-state index contributed by atoms with van der Waals surface area (Å²) < 4.78 is 5.01. The first-order chi connectivity index (χ1) is 7.79. The van der Waals surface area contributed by atoms with Crippen molar-refractivity contribution in [2.45, 2.75) is 6.42 Å². The van der Waals surface area contributed by atoms with Crippen LogP contribution in [0.25, 0.3) is 0 Å². The summed E-state index contributed by atoms with van der Waals surface area (Å²) in [5, 5.41) is 0. The third-order valence-electron chi connectivity index (χ3n) is 2.32. The highest BCUT2D eigenvalue weighted by molar-refractivity contribution is 5.69. The second kappa shape index (κ2) is 4.69. The van der Waals surface area contributed by atoms with Gasteiger partial charge in [-0.3, -0.25) is 0 Å². The summed E-state index contributed by atoms with van der Waals surface area (Å²) in [6, 6.07) is 3.35. The lowest BCUT2D eigenvalue weighted by molar-refractivity contribution is 0.0978. The van der Waals surface area contributed by atoms with Crippen molar-refractivity contribution in [3.8, 4) is 5.75 Å². The minimum Gasteiger partial charge on any atom is -0.497 e. The van der Waals surface area contributed by atoms with Gasteiger partial charge in [0.15, 0.2) is 5.82 Å². The maximum Gasteiger partial charge on any atom is 0.434 e. The lowest BCUT2D eigenvalue weighted by Gasteiger charge is -2.29. The molecule has 6 heteroatoms. The zero-order valence-corrected chi connectivity index (χ0v) is 8.97. The van der Waals surface area contributed by atoms with Crippen molar-refractivity contribution >= 4 is 11.9 Å². The Morgan fingerprint density at radius 2 is 2.38 bits per heavy atom. The Kier molecular flexibility index (Phi) is 3.09. The quantitative estimate of drug-likeness (QED) is 0.781. The van der Waals surface area contributed by atoms with E-state index in [2.05, 4.69) is 10.5 Å². The van der Waals surface area contributed by atoms with Crippen LogP contribution in [0.15, 0.2) is 18.3 Å². The number of anilines is 1. The van der Waals surface area contributed by atoms with Gasteiger partial charge in [0.2, 0.25) is 0 Å². The second-order valence-electron chi connectivity index (χ2n) is 3.39. The molecule has 1 aliphatic rings. The van der Waals surface area contributed by atoms with Crippen LogP contribution in [0.5, 0.6) is 5.75 Å². The smallest absolute Gasteiger partial charge is 0.434 e. The standard InChI is InChI=1S/C10H13N3O3/c1-15-8-3-4-11-9(7-8)12-16-10(14)13-5-2-6-13/h3-4,7H,2,5-6H2,1H3,(H,11,12). The molecular formula is C10H13N3O3. The van der Waals surface area contributed by atoms with Gasteiger partial charge in [-0.25, -0.2) is 9.78 Å². The van der Waals surface area contributed by atoms with Gasteiger partial charge in [-0.2, -0.15) is 5.48 Å². The van der Waals surface area contributed by atoms with Gasteiger partial charge in [0.1, 0.15) is 5.75 Å². The molecule has 0 unspecified atom stereocenters. The third-order valence-corrected chi connectivity index (χ3v) is 2.32. The molecule has 0 bridgehead atoms. The highest BCUT2D eigenvalue weighted by Crippen LogP contribution is 2.14. The second-order valence-corrected chi connectivity index (χ2v) is 3.39. The van der Waals surface area contributed by atoms with Crippen LogP contribution in [0, 0.1) is 0 Å². The van der Waals surface area contributed by atoms with E-state index in [-0.39, 0.29) is 6.09 Å². The summed E-state index contributed by atoms with van der Waals surface area (Å²) in [6.45, 7) is 1.51. The molecule has 0 saturated carbocycles. The Hall–Kier alpha value is -1.98. The number of methoxy groups -OCH3 is 1. The molecule has 16 heavy (non-hydrogen) atoms. The van der Waals surface area contributed by atoms with Crippen LogP contribution in [0.2, 0.25) is 0 Å². The summed E-state index contributed by atoms with van der Waals surface area (Å²) in [5.74, 6) is 1.09. The van der Waals surface area contributed by atoms with Crippen LogP contribution in [-0.4, -0.2) is 36.2 Å². The van der Waals surface area contributed by atoms with Gasteiger partial charge >= 0.3 is 6.09 Å². The van der Waals surface area contributed by atoms with E-state index in [0.29, 0.717) is 11.6 Å². The van der Waals surface area contributed by atoms with E-state index in [0.717, 1.165) is 19.5 Å². The first-order valence-electron chi connectivity index (χ1n) is 5.01. The number of nitrogens with one attached hydrogen (secondary N) is 1. The predicted octanol–water partition coefficient (Wildman–Crippen LogP) is 1.26. The Morgan fingerprint density at radius 3 is 3.00 bits per heavy atom. The van der Waals surface area contributed by atoms with Crippen molar-refractivity contribution in [2.24, 2.45) is 0 Å². The Bertz CT molecular complexity index is 379. The molecule has 0 atom stereocenters. The zero-order valence-electron chi connectivity index (χ0n) is 8.97. The SMILES string of the molecule is COc1ccnc(NOC(=O)N2CCC2)c1. The van der Waals surface area contributed by atoms with Crippen LogP contribution < -0.4 is 10.2 Å². The highest BCUT2D eigenvalue weighted by atomic mass is 16.7. The fourth-order valence-electron chi connectivity index (χ4n) is 1.25. The Balaban J connectivity index is 1.86. The van der Waals surface area contributed by atoms with Crippen molar-refractivity contribution < 1.29 is 14.4 Å². The van der Waals surface area contributed by atoms with Gasteiger partial charge in [-0.05, 0) is 12.5 Å². The molecule has 0 spiro atoms. The molecule has 0 aliphatic carbocycles. The van der Waals surface area contributed by atoms with E-state index in [1.165, 1.54) is 0 Å². The summed E-state index contributed by atoms with van der Waals surface area (Å²) in [6.07, 6.45) is 2.22. The minimum atomic E-state index is -0.379. The molecule has 6 nitrogen and oxygen atoms in total. The Morgan fingerprint density at radius 1 is 1.56 bits per heavy atom. The molecule has 1 N–H and O–H groups in total. The zero-order chi connectivity index (χ0) is 11.4. The molecule has 1 aromatic heterocycles. The van der Waals surface area contributed by atoms with E-state index in [1.807, 2.05) is 0 Å². The number of amides is 1. The van der Waals surface area contributed by atoms with Gasteiger partial charge in [0.05, 0.1) is 7.11 Å². The number of likely N-dealkylation sites (tertiary alicyclic amines) is 1. The average molecular weight is 223 g/mol. The normalized spacial score (nSPS) is 13.9. The largest absolute Gasteiger partial charge is 0.497 e. The molecule has 1 fully saturated rings. The molecule has 1 aromatic rings. The van der Waals surface area contributed by atoms with Gasteiger partial charge in [-0.15, -0.1) is 0 Å². The van der Waals surface area contributed by atoms with Crippen LogP contribution in [0.4, 0.5) is 10.6 Å². The molecule has 2 rings (SSSR count). The molecule has 1 saturated heterocycles. The monoisotopic (exact) mass is 223 g/mol. The molecule has 0 radical (unpaired) electrons. The van der Waals surface area contributed by atoms with Crippen molar-refractivity contribution in [3.63, 3.8) is 0 Å². The lowest BCUT2D eigenvalue weighted by Crippen LogP contribution is -2.43. The van der Waals surface area contributed by atoms with E-state index in [4.69, 9.17) is 9.57 Å². The van der Waals surface area contributed by atoms with Gasteiger partial charge in [0, 0.05) is 25.4 Å². The summed E-state index contributed by atoms with van der Waals surface area (Å²) in [7, 11) is 1.56. The first kappa shape index (κ1) is 10.5. The van der Waals surface area contributed by atoms with Crippen LogP contribution in [0.3, 0.4) is 0 Å². The Labute approximate surface area is 93.1 Å².